The number of fused-ring (bicyclic) bond motifs is 1. The van der Waals surface area contributed by atoms with E-state index in [1.165, 1.54) is 32.1 Å². The van der Waals surface area contributed by atoms with Gasteiger partial charge < -0.3 is 10.6 Å². The van der Waals surface area contributed by atoms with Crippen molar-refractivity contribution >= 4 is 17.2 Å². The highest BCUT2D eigenvalue weighted by atomic mass is 32.1. The summed E-state index contributed by atoms with van der Waals surface area (Å²) in [6.45, 7) is 0.558. The summed E-state index contributed by atoms with van der Waals surface area (Å²) < 4.78 is 0. The summed E-state index contributed by atoms with van der Waals surface area (Å²) >= 11 is 1.58. The van der Waals surface area contributed by atoms with Gasteiger partial charge >= 0.3 is 0 Å². The van der Waals surface area contributed by atoms with E-state index in [0.717, 1.165) is 17.3 Å². The summed E-state index contributed by atoms with van der Waals surface area (Å²) in [5.41, 5.74) is 0. The zero-order valence-electron chi connectivity index (χ0n) is 11.1. The monoisotopic (exact) mass is 279 g/mol. The maximum Gasteiger partial charge on any atom is 0.237 e. The Balaban J connectivity index is 1.50. The Morgan fingerprint density at radius 1 is 1.37 bits per heavy atom. The minimum absolute atomic E-state index is 0.000637. The summed E-state index contributed by atoms with van der Waals surface area (Å²) in [7, 11) is 0. The Labute approximate surface area is 118 Å². The fourth-order valence-electron chi connectivity index (χ4n) is 3.33. The number of carbonyl (C=O) groups excluding carboxylic acids is 1. The third-order valence-corrected chi connectivity index (χ3v) is 5.14. The van der Waals surface area contributed by atoms with Crippen molar-refractivity contribution in [1.82, 2.24) is 15.6 Å². The number of carbonyl (C=O) groups is 1. The van der Waals surface area contributed by atoms with Gasteiger partial charge in [0, 0.05) is 17.6 Å². The molecule has 2 heterocycles. The maximum atomic E-state index is 12.2. The van der Waals surface area contributed by atoms with Gasteiger partial charge in [0.2, 0.25) is 5.91 Å². The first-order valence-electron chi connectivity index (χ1n) is 7.25. The number of nitrogens with one attached hydrogen (secondary N) is 2. The molecule has 1 saturated carbocycles. The first-order chi connectivity index (χ1) is 9.33. The number of rotatable bonds is 3. The molecule has 1 saturated heterocycles. The van der Waals surface area contributed by atoms with Crippen molar-refractivity contribution in [2.24, 2.45) is 5.92 Å². The lowest BCUT2D eigenvalue weighted by atomic mass is 9.77. The number of aromatic nitrogens is 1. The Morgan fingerprint density at radius 2 is 2.26 bits per heavy atom. The molecule has 0 spiro atoms. The largest absolute Gasteiger partial charge is 0.348 e. The second-order valence-electron chi connectivity index (χ2n) is 5.59. The lowest BCUT2D eigenvalue weighted by Gasteiger charge is -2.39. The molecule has 19 heavy (non-hydrogen) atoms. The average molecular weight is 279 g/mol. The van der Waals surface area contributed by atoms with Gasteiger partial charge in [-0.3, -0.25) is 4.79 Å². The molecule has 2 N–H and O–H groups in total. The first-order valence-corrected chi connectivity index (χ1v) is 8.13. The van der Waals surface area contributed by atoms with Crippen LogP contribution in [-0.4, -0.2) is 23.0 Å². The van der Waals surface area contributed by atoms with Gasteiger partial charge in [0.25, 0.3) is 0 Å². The fraction of sp³-hybridized carbons (Fsp3) is 0.714. The molecule has 4 nitrogen and oxygen atoms in total. The van der Waals surface area contributed by atoms with E-state index >= 15 is 0 Å². The summed E-state index contributed by atoms with van der Waals surface area (Å²) in [4.78, 5) is 16.4. The fourth-order valence-corrected chi connectivity index (χ4v) is 3.88. The molecule has 1 aliphatic heterocycles. The predicted molar refractivity (Wildman–Crippen MR) is 75.9 cm³/mol. The van der Waals surface area contributed by atoms with E-state index in [-0.39, 0.29) is 11.9 Å². The van der Waals surface area contributed by atoms with Crippen LogP contribution in [0.15, 0.2) is 11.6 Å². The molecule has 0 bridgehead atoms. The van der Waals surface area contributed by atoms with Crippen molar-refractivity contribution in [3.05, 3.63) is 16.6 Å². The van der Waals surface area contributed by atoms with Gasteiger partial charge in [0.05, 0.1) is 12.6 Å². The van der Waals surface area contributed by atoms with Crippen LogP contribution >= 0.6 is 11.3 Å². The number of nitrogens with zero attached hydrogens (tertiary/aromatic N) is 1. The number of piperidine rings is 1. The Bertz CT molecular complexity index is 420. The Morgan fingerprint density at radius 3 is 3.11 bits per heavy atom. The van der Waals surface area contributed by atoms with Crippen LogP contribution in [0.1, 0.15) is 43.5 Å². The van der Waals surface area contributed by atoms with E-state index in [4.69, 9.17) is 0 Å². The van der Waals surface area contributed by atoms with Crippen molar-refractivity contribution in [2.45, 2.75) is 57.2 Å². The highest BCUT2D eigenvalue weighted by Gasteiger charge is 2.34. The lowest BCUT2D eigenvalue weighted by molar-refractivity contribution is -0.124. The molecule has 1 amide bonds. The van der Waals surface area contributed by atoms with Gasteiger partial charge in [0.15, 0.2) is 0 Å². The van der Waals surface area contributed by atoms with Crippen LogP contribution < -0.4 is 10.6 Å². The van der Waals surface area contributed by atoms with Crippen LogP contribution in [0.3, 0.4) is 0 Å². The SMILES string of the molecule is O=C(NCc1nccs1)C1CCC2CCCCC2N1. The quantitative estimate of drug-likeness (QED) is 0.890. The summed E-state index contributed by atoms with van der Waals surface area (Å²) in [6, 6.07) is 0.567. The molecule has 0 radical (unpaired) electrons. The van der Waals surface area contributed by atoms with Crippen molar-refractivity contribution in [2.75, 3.05) is 0 Å². The maximum absolute atomic E-state index is 12.2. The molecular formula is C14H21N3OS. The van der Waals surface area contributed by atoms with E-state index in [9.17, 15) is 4.79 Å². The number of hydrogen-bond acceptors (Lipinski definition) is 4. The van der Waals surface area contributed by atoms with Gasteiger partial charge in [-0.2, -0.15) is 0 Å². The summed E-state index contributed by atoms with van der Waals surface area (Å²) in [5.74, 6) is 0.941. The zero-order chi connectivity index (χ0) is 13.1. The molecule has 104 valence electrons. The standard InChI is InChI=1S/C14H21N3OS/c18-14(16-9-13-15-7-8-19-13)12-6-5-10-3-1-2-4-11(10)17-12/h7-8,10-12,17H,1-6,9H2,(H,16,18). The minimum Gasteiger partial charge on any atom is -0.348 e. The van der Waals surface area contributed by atoms with Crippen molar-refractivity contribution < 1.29 is 4.79 Å². The van der Waals surface area contributed by atoms with E-state index in [1.54, 1.807) is 17.5 Å². The molecule has 1 aromatic heterocycles. The molecular weight excluding hydrogens is 258 g/mol. The van der Waals surface area contributed by atoms with Gasteiger partial charge in [-0.15, -0.1) is 11.3 Å². The summed E-state index contributed by atoms with van der Waals surface area (Å²) in [6.07, 6.45) is 9.20. The average Bonchev–Trinajstić information content (AvgIpc) is 2.97. The van der Waals surface area contributed by atoms with Crippen LogP contribution in [0, 0.1) is 5.92 Å². The zero-order valence-corrected chi connectivity index (χ0v) is 11.9. The number of hydrogen-bond donors (Lipinski definition) is 2. The van der Waals surface area contributed by atoms with E-state index in [0.29, 0.717) is 12.6 Å². The highest BCUT2D eigenvalue weighted by Crippen LogP contribution is 2.32. The minimum atomic E-state index is -0.000637. The molecule has 5 heteroatoms. The van der Waals surface area contributed by atoms with Crippen LogP contribution in [0.5, 0.6) is 0 Å². The molecule has 1 aromatic rings. The second-order valence-corrected chi connectivity index (χ2v) is 6.57. The van der Waals surface area contributed by atoms with Crippen molar-refractivity contribution in [1.29, 1.82) is 0 Å². The smallest absolute Gasteiger partial charge is 0.237 e. The number of thiazole rings is 1. The molecule has 3 rings (SSSR count). The Kier molecular flexibility index (Phi) is 4.13. The molecule has 3 unspecified atom stereocenters. The van der Waals surface area contributed by atoms with E-state index in [1.807, 2.05) is 5.38 Å². The van der Waals surface area contributed by atoms with Crippen LogP contribution in [-0.2, 0) is 11.3 Å². The van der Waals surface area contributed by atoms with Crippen LogP contribution in [0.4, 0.5) is 0 Å². The van der Waals surface area contributed by atoms with E-state index in [2.05, 4.69) is 15.6 Å². The summed E-state index contributed by atoms with van der Waals surface area (Å²) in [5, 5.41) is 9.46. The third-order valence-electron chi connectivity index (χ3n) is 4.36. The molecule has 2 fully saturated rings. The number of amides is 1. The van der Waals surface area contributed by atoms with Crippen LogP contribution in [0.2, 0.25) is 0 Å². The van der Waals surface area contributed by atoms with Crippen molar-refractivity contribution in [3.8, 4) is 0 Å². The molecule has 3 atom stereocenters. The van der Waals surface area contributed by atoms with Gasteiger partial charge in [-0.1, -0.05) is 12.8 Å². The molecule has 2 aliphatic rings. The van der Waals surface area contributed by atoms with Crippen molar-refractivity contribution in [3.63, 3.8) is 0 Å². The lowest BCUT2D eigenvalue weighted by Crippen LogP contribution is -2.54. The highest BCUT2D eigenvalue weighted by molar-refractivity contribution is 7.09. The van der Waals surface area contributed by atoms with E-state index < -0.39 is 0 Å². The first kappa shape index (κ1) is 13.1. The molecule has 0 aromatic carbocycles. The topological polar surface area (TPSA) is 54.0 Å². The normalized spacial score (nSPS) is 30.6. The van der Waals surface area contributed by atoms with Crippen LogP contribution in [0.25, 0.3) is 0 Å². The van der Waals surface area contributed by atoms with Gasteiger partial charge in [-0.25, -0.2) is 4.98 Å². The van der Waals surface area contributed by atoms with Gasteiger partial charge in [-0.05, 0) is 31.6 Å². The Hall–Kier alpha value is -0.940. The predicted octanol–water partition coefficient (Wildman–Crippen LogP) is 2.07. The van der Waals surface area contributed by atoms with Gasteiger partial charge in [0.1, 0.15) is 5.01 Å². The second kappa shape index (κ2) is 6.01. The molecule has 1 aliphatic carbocycles. The third kappa shape index (κ3) is 3.15.